The minimum atomic E-state index is -0.659. The molecule has 1 amide bonds. The molecule has 0 bridgehead atoms. The number of hydrogen-bond donors (Lipinski definition) is 1. The molecule has 30 heavy (non-hydrogen) atoms. The Morgan fingerprint density at radius 3 is 2.80 bits per heavy atom. The molecule has 0 spiro atoms. The van der Waals surface area contributed by atoms with E-state index in [1.165, 1.54) is 0 Å². The molecule has 1 heterocycles. The molecule has 9 heteroatoms. The summed E-state index contributed by atoms with van der Waals surface area (Å²) in [7, 11) is 0.423. The fourth-order valence-electron chi connectivity index (χ4n) is 3.48. The van der Waals surface area contributed by atoms with Crippen LogP contribution >= 0.6 is 0 Å². The Kier molecular flexibility index (Phi) is 13.0. The summed E-state index contributed by atoms with van der Waals surface area (Å²) in [4.78, 5) is 17.1. The molecule has 6 atom stereocenters. The standard InChI is InChI=1S/C21H40N2O5Si.V/c1-7-16(4)21(6,17(5)15(2)3)28-29-12-8-10-23-20(24)14-26-18-9-11-25-19(18)13-27-22;/h15-19H,7-14H2,1-6H3,(H,23,24);/i11T;. The van der Waals surface area contributed by atoms with Gasteiger partial charge in [-0.2, -0.15) is 0 Å². The summed E-state index contributed by atoms with van der Waals surface area (Å²) < 4.78 is 28.7. The van der Waals surface area contributed by atoms with Gasteiger partial charge in [-0.25, -0.2) is 0 Å². The van der Waals surface area contributed by atoms with Crippen molar-refractivity contribution in [2.45, 2.75) is 84.7 Å². The summed E-state index contributed by atoms with van der Waals surface area (Å²) in [5.74, 6) is 1.39. The van der Waals surface area contributed by atoms with Crippen molar-refractivity contribution in [1.29, 1.82) is 0 Å². The van der Waals surface area contributed by atoms with Crippen LogP contribution < -0.4 is 5.32 Å². The maximum atomic E-state index is 12.1. The van der Waals surface area contributed by atoms with Crippen LogP contribution in [0.5, 0.6) is 0 Å². The molecule has 0 aliphatic carbocycles. The third-order valence-corrected chi connectivity index (χ3v) is 7.63. The van der Waals surface area contributed by atoms with Gasteiger partial charge in [0.1, 0.15) is 0 Å². The molecule has 6 unspecified atom stereocenters. The second-order valence-corrected chi connectivity index (χ2v) is 9.78. The Labute approximate surface area is 195 Å². The van der Waals surface area contributed by atoms with E-state index >= 15 is 0 Å². The number of rotatable bonds is 16. The van der Waals surface area contributed by atoms with Gasteiger partial charge in [-0.3, -0.25) is 0 Å². The number of nitrogens with zero attached hydrogens (tertiary/aromatic N) is 1. The van der Waals surface area contributed by atoms with Crippen molar-refractivity contribution >= 4 is 15.7 Å². The summed E-state index contributed by atoms with van der Waals surface area (Å²) in [6, 6.07) is 0.924. The van der Waals surface area contributed by atoms with E-state index in [-0.39, 0.29) is 36.9 Å². The molecule has 2 radical (unpaired) electrons. The molecule has 1 saturated heterocycles. The van der Waals surface area contributed by atoms with Gasteiger partial charge < -0.3 is 4.43 Å². The average molecular weight is 482 g/mol. The van der Waals surface area contributed by atoms with Crippen molar-refractivity contribution in [2.75, 3.05) is 26.3 Å². The molecule has 1 aliphatic heterocycles. The molecule has 1 aliphatic rings. The van der Waals surface area contributed by atoms with E-state index in [1.54, 1.807) is 0 Å². The number of amides is 1. The van der Waals surface area contributed by atoms with Crippen molar-refractivity contribution in [3.63, 3.8) is 0 Å². The van der Waals surface area contributed by atoms with Crippen molar-refractivity contribution in [3.8, 4) is 0 Å². The number of carbonyl (C=O) groups is 1. The van der Waals surface area contributed by atoms with Gasteiger partial charge in [-0.15, -0.1) is 0 Å². The molecule has 0 aromatic carbocycles. The number of hydrogen-bond acceptors (Lipinski definition) is 6. The first-order valence-corrected chi connectivity index (χ1v) is 12.7. The Bertz CT molecular complexity index is 548. The zero-order valence-electron chi connectivity index (χ0n) is 20.3. The third-order valence-electron chi connectivity index (χ3n) is 6.30. The molecular weight excluding hydrogens is 439 g/mol. The minimum absolute atomic E-state index is 0.0483. The topological polar surface area (TPSA) is 78.4 Å². The molecule has 7 nitrogen and oxygen atoms in total. The number of nitrogens with one attached hydrogen (secondary N) is 1. The molecule has 1 N–H and O–H groups in total. The van der Waals surface area contributed by atoms with Crippen LogP contribution in [0.25, 0.3) is 0 Å². The second kappa shape index (κ2) is 14.9. The van der Waals surface area contributed by atoms with E-state index < -0.39 is 6.58 Å². The molecular formula is C21H40N2O5SiV. The van der Waals surface area contributed by atoms with Gasteiger partial charge in [0.15, 0.2) is 0 Å². The van der Waals surface area contributed by atoms with Crippen LogP contribution in [0.15, 0.2) is 3.95 Å². The molecule has 0 aromatic heterocycles. The number of ether oxygens (including phenoxy) is 2. The summed E-state index contributed by atoms with van der Waals surface area (Å²) >= 11 is 1.97. The van der Waals surface area contributed by atoms with Crippen molar-refractivity contribution < 1.29 is 42.1 Å². The Hall–Kier alpha value is -0.0887. The van der Waals surface area contributed by atoms with Crippen molar-refractivity contribution in [3.05, 3.63) is 0 Å². The van der Waals surface area contributed by atoms with Crippen LogP contribution in [0.3, 0.4) is 0 Å². The van der Waals surface area contributed by atoms with Gasteiger partial charge in [-0.1, -0.05) is 41.0 Å². The van der Waals surface area contributed by atoms with E-state index in [9.17, 15) is 4.79 Å². The van der Waals surface area contributed by atoms with E-state index in [0.717, 1.165) is 18.9 Å². The fourth-order valence-corrected chi connectivity index (χ4v) is 4.71. The van der Waals surface area contributed by atoms with Gasteiger partial charge in [-0.05, 0) is 24.7 Å². The van der Waals surface area contributed by atoms with Gasteiger partial charge in [0.2, 0.25) is 9.76 Å². The Morgan fingerprint density at radius 2 is 2.17 bits per heavy atom. The van der Waals surface area contributed by atoms with Crippen LogP contribution in [-0.4, -0.2) is 59.8 Å². The molecule has 173 valence electrons. The van der Waals surface area contributed by atoms with Crippen LogP contribution in [0.4, 0.5) is 0 Å². The average Bonchev–Trinajstić information content (AvgIpc) is 3.10. The zero-order chi connectivity index (χ0) is 23.4. The third kappa shape index (κ3) is 9.19. The summed E-state index contributed by atoms with van der Waals surface area (Å²) in [5, 5.41) is 2.89. The Balaban J connectivity index is 2.27. The quantitative estimate of drug-likeness (QED) is 0.207. The van der Waals surface area contributed by atoms with E-state index in [1.807, 2.05) is 17.2 Å². The predicted molar refractivity (Wildman–Crippen MR) is 114 cm³/mol. The summed E-state index contributed by atoms with van der Waals surface area (Å²) in [5.41, 5.74) is -0.123. The van der Waals surface area contributed by atoms with E-state index in [0.29, 0.717) is 40.5 Å². The predicted octanol–water partition coefficient (Wildman–Crippen LogP) is 3.48. The van der Waals surface area contributed by atoms with Crippen molar-refractivity contribution in [1.82, 2.24) is 5.32 Å². The fraction of sp³-hybridized carbons (Fsp3) is 0.952. The van der Waals surface area contributed by atoms with Gasteiger partial charge >= 0.3 is 110 Å². The van der Waals surface area contributed by atoms with Crippen LogP contribution in [0, 0.1) is 17.8 Å². The first-order valence-electron chi connectivity index (χ1n) is 11.6. The molecule has 0 saturated carbocycles. The maximum absolute atomic E-state index is 12.1. The van der Waals surface area contributed by atoms with Gasteiger partial charge in [0, 0.05) is 0 Å². The second-order valence-electron chi connectivity index (χ2n) is 8.53. The SMILES string of the molecule is [3H]C1CC(OCC(=O)NCCC[Si]OC(C)(C(C)CC)C(C)C(C)C)C(CO[N]=[V])O1. The Morgan fingerprint density at radius 1 is 1.43 bits per heavy atom. The molecule has 1 fully saturated rings. The van der Waals surface area contributed by atoms with E-state index in [4.69, 9.17) is 20.1 Å². The van der Waals surface area contributed by atoms with Crippen LogP contribution in [0.2, 0.25) is 6.04 Å². The van der Waals surface area contributed by atoms with Gasteiger partial charge in [0.05, 0.1) is 5.60 Å². The van der Waals surface area contributed by atoms with E-state index in [2.05, 4.69) is 50.8 Å². The molecule has 0 aromatic rings. The normalized spacial score (nSPS) is 26.1. The summed E-state index contributed by atoms with van der Waals surface area (Å²) in [6.07, 6.45) is 1.67. The van der Waals surface area contributed by atoms with Crippen LogP contribution in [-0.2, 0) is 40.8 Å². The van der Waals surface area contributed by atoms with Gasteiger partial charge in [0.25, 0.3) is 0 Å². The first kappa shape index (κ1) is 26.2. The monoisotopic (exact) mass is 481 g/mol. The zero-order valence-corrected chi connectivity index (χ0v) is 21.7. The van der Waals surface area contributed by atoms with Crippen molar-refractivity contribution in [2.24, 2.45) is 21.7 Å². The molecule has 1 rings (SSSR count). The summed E-state index contributed by atoms with van der Waals surface area (Å²) in [6.45, 7) is 13.6. The number of carbonyl (C=O) groups excluding carboxylic acids is 1. The van der Waals surface area contributed by atoms with Crippen LogP contribution in [0.1, 0.15) is 62.2 Å². The first-order chi connectivity index (χ1) is 14.7.